The van der Waals surface area contributed by atoms with Gasteiger partial charge in [0.1, 0.15) is 4.88 Å². The van der Waals surface area contributed by atoms with Crippen molar-refractivity contribution < 1.29 is 14.3 Å². The van der Waals surface area contributed by atoms with Gasteiger partial charge in [0.2, 0.25) is 0 Å². The summed E-state index contributed by atoms with van der Waals surface area (Å²) in [6.07, 6.45) is 0. The van der Waals surface area contributed by atoms with Crippen LogP contribution in [0.4, 0.5) is 5.69 Å². The summed E-state index contributed by atoms with van der Waals surface area (Å²) in [6, 6.07) is 9.54. The van der Waals surface area contributed by atoms with Gasteiger partial charge in [-0.1, -0.05) is 13.8 Å². The molecule has 1 aliphatic heterocycles. The number of hydrogen-bond donors (Lipinski definition) is 0. The SMILES string of the molecule is CCOC(=O)c1cc2c(s1)C(C)(C)CN(C(=O)c1ccc(N(C)C)cc1)C2. The van der Waals surface area contributed by atoms with E-state index in [-0.39, 0.29) is 17.3 Å². The van der Waals surface area contributed by atoms with E-state index in [0.29, 0.717) is 30.1 Å². The topological polar surface area (TPSA) is 49.9 Å². The summed E-state index contributed by atoms with van der Waals surface area (Å²) in [5.41, 5.74) is 2.57. The van der Waals surface area contributed by atoms with Gasteiger partial charge in [0.15, 0.2) is 0 Å². The summed E-state index contributed by atoms with van der Waals surface area (Å²) in [7, 11) is 3.95. The number of fused-ring (bicyclic) bond motifs is 1. The zero-order chi connectivity index (χ0) is 19.8. The fraction of sp³-hybridized carbons (Fsp3) is 0.429. The van der Waals surface area contributed by atoms with Crippen LogP contribution in [0.15, 0.2) is 30.3 Å². The molecular formula is C21H26N2O3S. The first-order valence-corrected chi connectivity index (χ1v) is 9.91. The van der Waals surface area contributed by atoms with E-state index < -0.39 is 0 Å². The molecule has 0 saturated heterocycles. The average molecular weight is 387 g/mol. The maximum Gasteiger partial charge on any atom is 0.348 e. The Morgan fingerprint density at radius 1 is 1.22 bits per heavy atom. The fourth-order valence-electron chi connectivity index (χ4n) is 3.46. The first-order valence-electron chi connectivity index (χ1n) is 9.10. The van der Waals surface area contributed by atoms with Crippen molar-refractivity contribution in [3.8, 4) is 0 Å². The molecule has 6 heteroatoms. The highest BCUT2D eigenvalue weighted by Crippen LogP contribution is 2.39. The van der Waals surface area contributed by atoms with Crippen molar-refractivity contribution in [3.05, 3.63) is 51.2 Å². The molecule has 2 aromatic rings. The summed E-state index contributed by atoms with van der Waals surface area (Å²) in [4.78, 5) is 30.8. The van der Waals surface area contributed by atoms with E-state index in [1.807, 2.05) is 54.2 Å². The minimum absolute atomic E-state index is 0.0166. The molecule has 3 rings (SSSR count). The molecule has 5 nitrogen and oxygen atoms in total. The number of carbonyl (C=O) groups excluding carboxylic acids is 2. The van der Waals surface area contributed by atoms with E-state index in [1.54, 1.807) is 6.92 Å². The Balaban J connectivity index is 1.85. The minimum Gasteiger partial charge on any atom is -0.462 e. The molecule has 0 spiro atoms. The zero-order valence-electron chi connectivity index (χ0n) is 16.5. The molecule has 1 aromatic heterocycles. The number of amides is 1. The number of hydrogen-bond acceptors (Lipinski definition) is 5. The Labute approximate surface area is 164 Å². The van der Waals surface area contributed by atoms with Crippen LogP contribution in [0.3, 0.4) is 0 Å². The van der Waals surface area contributed by atoms with E-state index in [4.69, 9.17) is 4.74 Å². The van der Waals surface area contributed by atoms with E-state index in [9.17, 15) is 9.59 Å². The van der Waals surface area contributed by atoms with Gasteiger partial charge < -0.3 is 14.5 Å². The molecule has 1 amide bonds. The molecule has 0 radical (unpaired) electrons. The number of thiophene rings is 1. The normalized spacial score (nSPS) is 15.2. The molecule has 27 heavy (non-hydrogen) atoms. The third-order valence-electron chi connectivity index (χ3n) is 4.77. The van der Waals surface area contributed by atoms with Crippen LogP contribution in [0.5, 0.6) is 0 Å². The van der Waals surface area contributed by atoms with Gasteiger partial charge in [-0.25, -0.2) is 4.79 Å². The second-order valence-corrected chi connectivity index (χ2v) is 8.72. The van der Waals surface area contributed by atoms with Crippen LogP contribution in [-0.2, 0) is 16.7 Å². The van der Waals surface area contributed by atoms with E-state index in [1.165, 1.54) is 11.3 Å². The monoisotopic (exact) mass is 386 g/mol. The third kappa shape index (κ3) is 3.86. The summed E-state index contributed by atoms with van der Waals surface area (Å²) in [5, 5.41) is 0. The van der Waals surface area contributed by atoms with E-state index in [0.717, 1.165) is 16.1 Å². The smallest absolute Gasteiger partial charge is 0.348 e. The maximum atomic E-state index is 13.0. The van der Waals surface area contributed by atoms with Crippen LogP contribution in [0.25, 0.3) is 0 Å². The van der Waals surface area contributed by atoms with Crippen LogP contribution in [-0.4, -0.2) is 44.0 Å². The van der Waals surface area contributed by atoms with Crippen molar-refractivity contribution in [1.29, 1.82) is 0 Å². The third-order valence-corrected chi connectivity index (χ3v) is 6.29. The maximum absolute atomic E-state index is 13.0. The summed E-state index contributed by atoms with van der Waals surface area (Å²) in [6.45, 7) is 7.54. The summed E-state index contributed by atoms with van der Waals surface area (Å²) in [5.74, 6) is -0.271. The number of ether oxygens (including phenoxy) is 1. The largest absolute Gasteiger partial charge is 0.462 e. The van der Waals surface area contributed by atoms with E-state index >= 15 is 0 Å². The van der Waals surface area contributed by atoms with Crippen LogP contribution >= 0.6 is 11.3 Å². The lowest BCUT2D eigenvalue weighted by atomic mass is 9.85. The van der Waals surface area contributed by atoms with Crippen molar-refractivity contribution in [2.75, 3.05) is 32.1 Å². The van der Waals surface area contributed by atoms with Gasteiger partial charge in [0, 0.05) is 48.7 Å². The Bertz CT molecular complexity index is 853. The lowest BCUT2D eigenvalue weighted by Gasteiger charge is -2.38. The quantitative estimate of drug-likeness (QED) is 0.747. The molecule has 0 bridgehead atoms. The highest BCUT2D eigenvalue weighted by molar-refractivity contribution is 7.14. The number of benzene rings is 1. The highest BCUT2D eigenvalue weighted by atomic mass is 32.1. The Hall–Kier alpha value is -2.34. The molecule has 2 heterocycles. The van der Waals surface area contributed by atoms with Crippen molar-refractivity contribution in [3.63, 3.8) is 0 Å². The zero-order valence-corrected chi connectivity index (χ0v) is 17.4. The molecule has 0 N–H and O–H groups in total. The lowest BCUT2D eigenvalue weighted by molar-refractivity contribution is 0.0532. The predicted octanol–water partition coefficient (Wildman–Crippen LogP) is 3.92. The highest BCUT2D eigenvalue weighted by Gasteiger charge is 2.37. The number of nitrogens with zero attached hydrogens (tertiary/aromatic N) is 2. The molecule has 0 fully saturated rings. The Morgan fingerprint density at radius 2 is 1.89 bits per heavy atom. The fourth-order valence-corrected chi connectivity index (χ4v) is 4.62. The number of rotatable bonds is 4. The van der Waals surface area contributed by atoms with Crippen molar-refractivity contribution in [2.24, 2.45) is 0 Å². The summed E-state index contributed by atoms with van der Waals surface area (Å²) >= 11 is 1.49. The van der Waals surface area contributed by atoms with Crippen molar-refractivity contribution in [2.45, 2.75) is 32.7 Å². The molecule has 1 aliphatic rings. The average Bonchev–Trinajstić information content (AvgIpc) is 3.06. The van der Waals surface area contributed by atoms with Gasteiger partial charge >= 0.3 is 5.97 Å². The molecule has 0 aliphatic carbocycles. The molecular weight excluding hydrogens is 360 g/mol. The van der Waals surface area contributed by atoms with Gasteiger partial charge in [-0.3, -0.25) is 4.79 Å². The Kier molecular flexibility index (Phi) is 5.29. The van der Waals surface area contributed by atoms with Crippen LogP contribution in [0.2, 0.25) is 0 Å². The van der Waals surface area contributed by atoms with Crippen LogP contribution < -0.4 is 4.90 Å². The molecule has 144 valence electrons. The molecule has 0 atom stereocenters. The van der Waals surface area contributed by atoms with Crippen molar-refractivity contribution in [1.82, 2.24) is 4.90 Å². The van der Waals surface area contributed by atoms with Gasteiger partial charge in [-0.05, 0) is 42.8 Å². The van der Waals surface area contributed by atoms with Crippen LogP contribution in [0.1, 0.15) is 51.2 Å². The number of esters is 1. The standard InChI is InChI=1S/C21H26N2O3S/c1-6-26-20(25)17-11-15-12-23(13-21(2,3)18(15)27-17)19(24)14-7-9-16(10-8-14)22(4)5/h7-11H,6,12-13H2,1-5H3. The summed E-state index contributed by atoms with van der Waals surface area (Å²) < 4.78 is 5.13. The first-order chi connectivity index (χ1) is 12.7. The van der Waals surface area contributed by atoms with Gasteiger partial charge in [-0.15, -0.1) is 11.3 Å². The number of anilines is 1. The van der Waals surface area contributed by atoms with Gasteiger partial charge in [0.25, 0.3) is 5.91 Å². The van der Waals surface area contributed by atoms with E-state index in [2.05, 4.69) is 13.8 Å². The minimum atomic E-state index is -0.287. The molecule has 0 saturated carbocycles. The second kappa shape index (κ2) is 7.35. The number of carbonyl (C=O) groups is 2. The van der Waals surface area contributed by atoms with Crippen molar-refractivity contribution >= 4 is 28.9 Å². The van der Waals surface area contributed by atoms with Gasteiger partial charge in [0.05, 0.1) is 6.61 Å². The molecule has 1 aromatic carbocycles. The predicted molar refractivity (Wildman–Crippen MR) is 109 cm³/mol. The lowest BCUT2D eigenvalue weighted by Crippen LogP contribution is -2.44. The Morgan fingerprint density at radius 3 is 2.48 bits per heavy atom. The van der Waals surface area contributed by atoms with Gasteiger partial charge in [-0.2, -0.15) is 0 Å². The molecule has 0 unspecified atom stereocenters. The van der Waals surface area contributed by atoms with Crippen LogP contribution in [0, 0.1) is 0 Å². The second-order valence-electron chi connectivity index (χ2n) is 7.67. The first kappa shape index (κ1) is 19.4.